The number of aryl methyl sites for hydroxylation is 1. The van der Waals surface area contributed by atoms with Crippen LogP contribution in [0.2, 0.25) is 0 Å². The van der Waals surface area contributed by atoms with Crippen LogP contribution in [0.3, 0.4) is 0 Å². The first-order valence-electron chi connectivity index (χ1n) is 10.2. The summed E-state index contributed by atoms with van der Waals surface area (Å²) in [6.07, 6.45) is 7.01. The van der Waals surface area contributed by atoms with E-state index in [1.807, 2.05) is 30.5 Å². The normalized spacial score (nSPS) is 14.9. The Morgan fingerprint density at radius 1 is 1.24 bits per heavy atom. The predicted molar refractivity (Wildman–Crippen MR) is 109 cm³/mol. The van der Waals surface area contributed by atoms with Crippen molar-refractivity contribution in [2.45, 2.75) is 46.0 Å². The fourth-order valence-electron chi connectivity index (χ4n) is 3.95. The van der Waals surface area contributed by atoms with Gasteiger partial charge in [-0.1, -0.05) is 19.3 Å². The molecule has 1 N–H and O–H groups in total. The molecule has 2 heterocycles. The molecule has 0 bridgehead atoms. The number of rotatable bonds is 5. The number of hydrogen-bond acceptors (Lipinski definition) is 4. The van der Waals surface area contributed by atoms with Crippen LogP contribution in [0.4, 0.5) is 10.1 Å². The van der Waals surface area contributed by atoms with E-state index in [1.165, 1.54) is 18.6 Å². The van der Waals surface area contributed by atoms with E-state index in [2.05, 4.69) is 15.5 Å². The van der Waals surface area contributed by atoms with Crippen LogP contribution in [0.5, 0.6) is 5.75 Å². The second-order valence-corrected chi connectivity index (χ2v) is 7.48. The smallest absolute Gasteiger partial charge is 0.227 e. The molecule has 0 saturated heterocycles. The summed E-state index contributed by atoms with van der Waals surface area (Å²) in [6, 6.07) is 6.26. The zero-order valence-electron chi connectivity index (χ0n) is 16.7. The molecule has 1 amide bonds. The Kier molecular flexibility index (Phi) is 5.47. The maximum atomic E-state index is 14.0. The third kappa shape index (κ3) is 3.95. The summed E-state index contributed by atoms with van der Waals surface area (Å²) in [5.41, 5.74) is 2.49. The van der Waals surface area contributed by atoms with Gasteiger partial charge in [0.15, 0.2) is 5.65 Å². The van der Waals surface area contributed by atoms with E-state index in [1.54, 1.807) is 6.07 Å². The summed E-state index contributed by atoms with van der Waals surface area (Å²) >= 11 is 0. The molecule has 2 aromatic heterocycles. The van der Waals surface area contributed by atoms with Crippen molar-refractivity contribution in [3.63, 3.8) is 0 Å². The number of anilines is 1. The van der Waals surface area contributed by atoms with Crippen LogP contribution < -0.4 is 10.1 Å². The minimum Gasteiger partial charge on any atom is -0.493 e. The van der Waals surface area contributed by atoms with Gasteiger partial charge in [-0.25, -0.2) is 4.39 Å². The summed E-state index contributed by atoms with van der Waals surface area (Å²) < 4.78 is 21.5. The molecule has 0 aliphatic heterocycles. The molecule has 1 saturated carbocycles. The number of ether oxygens (including phenoxy) is 1. The Hall–Kier alpha value is -2.96. The second kappa shape index (κ2) is 8.19. The molecule has 1 aliphatic carbocycles. The topological polar surface area (TPSA) is 68.5 Å². The van der Waals surface area contributed by atoms with E-state index < -0.39 is 0 Å². The van der Waals surface area contributed by atoms with Crippen LogP contribution in [-0.4, -0.2) is 27.1 Å². The number of nitrogens with one attached hydrogen (secondary N) is 1. The predicted octanol–water partition coefficient (Wildman–Crippen LogP) is 4.76. The Morgan fingerprint density at radius 2 is 2.03 bits per heavy atom. The Morgan fingerprint density at radius 3 is 2.79 bits per heavy atom. The van der Waals surface area contributed by atoms with Gasteiger partial charge < -0.3 is 10.1 Å². The number of hydrogen-bond donors (Lipinski definition) is 1. The summed E-state index contributed by atoms with van der Waals surface area (Å²) in [6.45, 7) is 4.19. The summed E-state index contributed by atoms with van der Waals surface area (Å²) in [5, 5.41) is 11.4. The molecule has 4 rings (SSSR count). The number of carbonyl (C=O) groups is 1. The average molecular weight is 396 g/mol. The van der Waals surface area contributed by atoms with E-state index in [0.29, 0.717) is 35.1 Å². The van der Waals surface area contributed by atoms with Gasteiger partial charge in [0.25, 0.3) is 0 Å². The molecule has 0 spiro atoms. The van der Waals surface area contributed by atoms with Crippen molar-refractivity contribution >= 4 is 17.2 Å². The number of amides is 1. The number of benzene rings is 1. The van der Waals surface area contributed by atoms with Gasteiger partial charge in [0.1, 0.15) is 17.4 Å². The first-order valence-corrected chi connectivity index (χ1v) is 10.2. The van der Waals surface area contributed by atoms with Gasteiger partial charge in [0.2, 0.25) is 5.91 Å². The van der Waals surface area contributed by atoms with Crippen LogP contribution in [0.15, 0.2) is 30.5 Å². The first kappa shape index (κ1) is 19.4. The maximum absolute atomic E-state index is 14.0. The molecule has 0 unspecified atom stereocenters. The van der Waals surface area contributed by atoms with E-state index in [9.17, 15) is 9.18 Å². The number of halogens is 1. The van der Waals surface area contributed by atoms with Crippen LogP contribution in [0.1, 0.15) is 44.9 Å². The lowest BCUT2D eigenvalue weighted by atomic mass is 9.88. The monoisotopic (exact) mass is 396 g/mol. The highest BCUT2D eigenvalue weighted by atomic mass is 19.1. The quantitative estimate of drug-likeness (QED) is 0.675. The molecule has 152 valence electrons. The standard InChI is InChI=1S/C22H25FN4O2/c1-3-29-20-10-9-17(23)12-18(20)16-11-19(21-26-25-14(2)27(21)13-16)24-22(28)15-7-5-4-6-8-15/h9-13,15H,3-8H2,1-2H3,(H,24,28). The molecule has 7 heteroatoms. The molecule has 0 atom stereocenters. The SMILES string of the molecule is CCOc1ccc(F)cc1-c1cc(NC(=O)C2CCCCC2)c2nnc(C)n2c1. The van der Waals surface area contributed by atoms with Crippen molar-refractivity contribution in [1.82, 2.24) is 14.6 Å². The molecule has 6 nitrogen and oxygen atoms in total. The molecule has 1 aromatic carbocycles. The third-order valence-electron chi connectivity index (χ3n) is 5.46. The maximum Gasteiger partial charge on any atom is 0.227 e. The Labute approximate surface area is 169 Å². The zero-order valence-corrected chi connectivity index (χ0v) is 16.7. The summed E-state index contributed by atoms with van der Waals surface area (Å²) in [5.74, 6) is 0.947. The van der Waals surface area contributed by atoms with Crippen LogP contribution >= 0.6 is 0 Å². The fourth-order valence-corrected chi connectivity index (χ4v) is 3.95. The highest BCUT2D eigenvalue weighted by Crippen LogP contribution is 2.34. The van der Waals surface area contributed by atoms with Gasteiger partial charge in [0.05, 0.1) is 12.3 Å². The van der Waals surface area contributed by atoms with Gasteiger partial charge in [-0.05, 0) is 51.0 Å². The Balaban J connectivity index is 1.78. The van der Waals surface area contributed by atoms with Gasteiger partial charge >= 0.3 is 0 Å². The number of carbonyl (C=O) groups excluding carboxylic acids is 1. The van der Waals surface area contributed by atoms with Gasteiger partial charge in [0, 0.05) is 23.2 Å². The van der Waals surface area contributed by atoms with Crippen molar-refractivity contribution in [1.29, 1.82) is 0 Å². The molecular weight excluding hydrogens is 371 g/mol. The molecule has 1 fully saturated rings. The van der Waals surface area contributed by atoms with Crippen LogP contribution in [-0.2, 0) is 4.79 Å². The molecular formula is C22H25FN4O2. The third-order valence-corrected chi connectivity index (χ3v) is 5.46. The lowest BCUT2D eigenvalue weighted by Crippen LogP contribution is -2.25. The number of pyridine rings is 1. The molecule has 3 aromatic rings. The minimum absolute atomic E-state index is 0.00803. The van der Waals surface area contributed by atoms with Crippen LogP contribution in [0.25, 0.3) is 16.8 Å². The summed E-state index contributed by atoms with van der Waals surface area (Å²) in [7, 11) is 0. The highest BCUT2D eigenvalue weighted by Gasteiger charge is 2.23. The minimum atomic E-state index is -0.350. The lowest BCUT2D eigenvalue weighted by Gasteiger charge is -2.21. The largest absolute Gasteiger partial charge is 0.493 e. The molecule has 29 heavy (non-hydrogen) atoms. The lowest BCUT2D eigenvalue weighted by molar-refractivity contribution is -0.120. The molecule has 1 aliphatic rings. The number of fused-ring (bicyclic) bond motifs is 1. The van der Waals surface area contributed by atoms with Gasteiger partial charge in [-0.15, -0.1) is 10.2 Å². The van der Waals surface area contributed by atoms with Gasteiger partial charge in [-0.2, -0.15) is 0 Å². The fraction of sp³-hybridized carbons (Fsp3) is 0.409. The van der Waals surface area contributed by atoms with Crippen molar-refractivity contribution in [3.8, 4) is 16.9 Å². The second-order valence-electron chi connectivity index (χ2n) is 7.48. The molecule has 0 radical (unpaired) electrons. The average Bonchev–Trinajstić information content (AvgIpc) is 3.11. The highest BCUT2D eigenvalue weighted by molar-refractivity contribution is 5.97. The van der Waals surface area contributed by atoms with Crippen LogP contribution in [0, 0.1) is 18.7 Å². The van der Waals surface area contributed by atoms with Gasteiger partial charge in [-0.3, -0.25) is 9.20 Å². The first-order chi connectivity index (χ1) is 14.1. The summed E-state index contributed by atoms with van der Waals surface area (Å²) in [4.78, 5) is 12.8. The van der Waals surface area contributed by atoms with E-state index in [-0.39, 0.29) is 17.6 Å². The van der Waals surface area contributed by atoms with Crippen molar-refractivity contribution in [2.24, 2.45) is 5.92 Å². The number of nitrogens with zero attached hydrogens (tertiary/aromatic N) is 3. The number of aromatic nitrogens is 3. The van der Waals surface area contributed by atoms with Crippen molar-refractivity contribution in [3.05, 3.63) is 42.1 Å². The Bertz CT molecular complexity index is 1040. The zero-order chi connectivity index (χ0) is 20.4. The van der Waals surface area contributed by atoms with E-state index in [4.69, 9.17) is 4.74 Å². The van der Waals surface area contributed by atoms with Crippen molar-refractivity contribution < 1.29 is 13.9 Å². The van der Waals surface area contributed by atoms with Crippen molar-refractivity contribution in [2.75, 3.05) is 11.9 Å². The van der Waals surface area contributed by atoms with E-state index >= 15 is 0 Å². The van der Waals surface area contributed by atoms with E-state index in [0.717, 1.165) is 31.2 Å².